The number of nitrogens with zero attached hydrogens (tertiary/aromatic N) is 1. The van der Waals surface area contributed by atoms with Gasteiger partial charge in [0.2, 0.25) is 0 Å². The molecule has 0 aliphatic heterocycles. The predicted molar refractivity (Wildman–Crippen MR) is 99.8 cm³/mol. The number of benzene rings is 2. The number of halogens is 2. The first-order chi connectivity index (χ1) is 9.20. The van der Waals surface area contributed by atoms with Crippen molar-refractivity contribution in [3.63, 3.8) is 0 Å². The second-order valence-electron chi connectivity index (χ2n) is 4.83. The maximum absolute atomic E-state index is 2.48. The largest absolute Gasteiger partial charge is 0.340 e. The van der Waals surface area contributed by atoms with E-state index < -0.39 is 0 Å². The van der Waals surface area contributed by atoms with E-state index in [1.54, 1.807) is 0 Å². The molecule has 0 fully saturated rings. The summed E-state index contributed by atoms with van der Waals surface area (Å²) in [6.07, 6.45) is 2.46. The number of aromatic nitrogens is 1. The Hall–Kier alpha value is -0.300. The highest BCUT2D eigenvalue weighted by atomic mass is 127. The smallest absolute Gasteiger partial charge is 0.0501 e. The third kappa shape index (κ3) is 2.51. The Kier molecular flexibility index (Phi) is 4.03. The van der Waals surface area contributed by atoms with E-state index in [4.69, 9.17) is 0 Å². The molecule has 0 radical (unpaired) electrons. The van der Waals surface area contributed by atoms with Crippen molar-refractivity contribution in [3.8, 4) is 0 Å². The van der Waals surface area contributed by atoms with E-state index in [1.807, 2.05) is 0 Å². The Labute approximate surface area is 140 Å². The second-order valence-corrected chi connectivity index (χ2v) is 7.32. The van der Waals surface area contributed by atoms with Crippen LogP contribution in [-0.2, 0) is 6.54 Å². The number of aryl methyl sites for hydroxylation is 1. The lowest BCUT2D eigenvalue weighted by atomic mass is 10.2. The van der Waals surface area contributed by atoms with Crippen molar-refractivity contribution in [1.82, 2.24) is 4.57 Å². The SMILES string of the molecule is CCCCn1c2cc(I)ccc2c2ccc(I)cc21. The Morgan fingerprint density at radius 3 is 1.89 bits per heavy atom. The molecule has 0 N–H and O–H groups in total. The van der Waals surface area contributed by atoms with Crippen LogP contribution in [0.25, 0.3) is 21.8 Å². The second kappa shape index (κ2) is 5.60. The van der Waals surface area contributed by atoms with Gasteiger partial charge in [-0.25, -0.2) is 0 Å². The van der Waals surface area contributed by atoms with Crippen LogP contribution in [0.5, 0.6) is 0 Å². The molecule has 2 aromatic carbocycles. The van der Waals surface area contributed by atoms with Crippen LogP contribution in [0.1, 0.15) is 19.8 Å². The summed E-state index contributed by atoms with van der Waals surface area (Å²) < 4.78 is 5.10. The number of rotatable bonds is 3. The van der Waals surface area contributed by atoms with Crippen molar-refractivity contribution in [3.05, 3.63) is 43.5 Å². The Bertz CT molecular complexity index is 684. The van der Waals surface area contributed by atoms with Crippen LogP contribution in [0.2, 0.25) is 0 Å². The third-order valence-corrected chi connectivity index (χ3v) is 4.87. The van der Waals surface area contributed by atoms with Gasteiger partial charge in [0.05, 0.1) is 11.0 Å². The summed E-state index contributed by atoms with van der Waals surface area (Å²) in [6.45, 7) is 3.36. The third-order valence-electron chi connectivity index (χ3n) is 3.53. The van der Waals surface area contributed by atoms with Gasteiger partial charge < -0.3 is 4.57 Å². The van der Waals surface area contributed by atoms with Crippen LogP contribution in [0.4, 0.5) is 0 Å². The molecule has 0 saturated carbocycles. The van der Waals surface area contributed by atoms with Gasteiger partial charge in [0.15, 0.2) is 0 Å². The van der Waals surface area contributed by atoms with Crippen molar-refractivity contribution in [1.29, 1.82) is 0 Å². The first kappa shape index (κ1) is 13.7. The van der Waals surface area contributed by atoms with Gasteiger partial charge in [-0.1, -0.05) is 25.5 Å². The predicted octanol–water partition coefficient (Wildman–Crippen LogP) is 5.80. The molecule has 0 unspecified atom stereocenters. The standard InChI is InChI=1S/C16H15I2N/c1-2-3-8-19-15-9-11(17)4-6-13(15)14-7-5-12(18)10-16(14)19/h4-7,9-10H,2-3,8H2,1H3. The van der Waals surface area contributed by atoms with Crippen molar-refractivity contribution in [2.75, 3.05) is 0 Å². The van der Waals surface area contributed by atoms with E-state index in [-0.39, 0.29) is 0 Å². The van der Waals surface area contributed by atoms with E-state index in [9.17, 15) is 0 Å². The average molecular weight is 475 g/mol. The minimum atomic E-state index is 1.11. The lowest BCUT2D eigenvalue weighted by molar-refractivity contribution is 0.665. The van der Waals surface area contributed by atoms with E-state index in [1.165, 1.54) is 41.8 Å². The van der Waals surface area contributed by atoms with Crippen LogP contribution >= 0.6 is 45.2 Å². The molecular weight excluding hydrogens is 460 g/mol. The van der Waals surface area contributed by atoms with E-state index >= 15 is 0 Å². The highest BCUT2D eigenvalue weighted by Crippen LogP contribution is 2.31. The van der Waals surface area contributed by atoms with Gasteiger partial charge in [-0.2, -0.15) is 0 Å². The summed E-state index contributed by atoms with van der Waals surface area (Å²) in [4.78, 5) is 0. The summed E-state index contributed by atoms with van der Waals surface area (Å²) in [5, 5.41) is 2.76. The maximum atomic E-state index is 2.48. The van der Waals surface area contributed by atoms with E-state index in [0.717, 1.165) is 6.54 Å². The van der Waals surface area contributed by atoms with Crippen molar-refractivity contribution in [2.45, 2.75) is 26.3 Å². The molecule has 1 aromatic heterocycles. The first-order valence-electron chi connectivity index (χ1n) is 6.57. The highest BCUT2D eigenvalue weighted by molar-refractivity contribution is 14.1. The molecule has 1 heterocycles. The fourth-order valence-corrected chi connectivity index (χ4v) is 3.55. The van der Waals surface area contributed by atoms with Gasteiger partial charge in [-0.15, -0.1) is 0 Å². The normalized spacial score (nSPS) is 11.5. The minimum absolute atomic E-state index is 1.11. The Balaban J connectivity index is 2.36. The summed E-state index contributed by atoms with van der Waals surface area (Å²) in [5.41, 5.74) is 2.75. The van der Waals surface area contributed by atoms with E-state index in [0.29, 0.717) is 0 Å². The quantitative estimate of drug-likeness (QED) is 0.422. The Morgan fingerprint density at radius 1 is 0.895 bits per heavy atom. The number of fused-ring (bicyclic) bond motifs is 3. The topological polar surface area (TPSA) is 4.93 Å². The molecule has 0 atom stereocenters. The van der Waals surface area contributed by atoms with Crippen LogP contribution < -0.4 is 0 Å². The molecule has 0 saturated heterocycles. The van der Waals surface area contributed by atoms with Gasteiger partial charge in [-0.05, 0) is 75.9 Å². The molecule has 3 aromatic rings. The van der Waals surface area contributed by atoms with Gasteiger partial charge in [0.1, 0.15) is 0 Å². The van der Waals surface area contributed by atoms with Gasteiger partial charge in [-0.3, -0.25) is 0 Å². The van der Waals surface area contributed by atoms with Crippen molar-refractivity contribution >= 4 is 67.0 Å². The number of hydrogen-bond donors (Lipinski definition) is 0. The van der Waals surface area contributed by atoms with Crippen LogP contribution in [0.15, 0.2) is 36.4 Å². The summed E-state index contributed by atoms with van der Waals surface area (Å²) in [6, 6.07) is 13.5. The Morgan fingerprint density at radius 2 is 1.42 bits per heavy atom. The van der Waals surface area contributed by atoms with Gasteiger partial charge >= 0.3 is 0 Å². The molecule has 0 spiro atoms. The molecule has 0 aliphatic rings. The summed E-state index contributed by atoms with van der Waals surface area (Å²) in [7, 11) is 0. The van der Waals surface area contributed by atoms with Crippen LogP contribution in [0, 0.1) is 7.14 Å². The lowest BCUT2D eigenvalue weighted by Gasteiger charge is -2.06. The molecule has 0 amide bonds. The molecule has 19 heavy (non-hydrogen) atoms. The van der Waals surface area contributed by atoms with Crippen LogP contribution in [-0.4, -0.2) is 4.57 Å². The molecular formula is C16H15I2N. The lowest BCUT2D eigenvalue weighted by Crippen LogP contribution is -1.97. The minimum Gasteiger partial charge on any atom is -0.340 e. The van der Waals surface area contributed by atoms with Gasteiger partial charge in [0, 0.05) is 24.5 Å². The zero-order valence-electron chi connectivity index (χ0n) is 10.8. The van der Waals surface area contributed by atoms with Crippen LogP contribution in [0.3, 0.4) is 0 Å². The van der Waals surface area contributed by atoms with Gasteiger partial charge in [0.25, 0.3) is 0 Å². The average Bonchev–Trinajstić information content (AvgIpc) is 2.68. The molecule has 1 nitrogen and oxygen atoms in total. The maximum Gasteiger partial charge on any atom is 0.0501 e. The zero-order valence-corrected chi connectivity index (χ0v) is 15.1. The van der Waals surface area contributed by atoms with Crippen molar-refractivity contribution < 1.29 is 0 Å². The molecule has 3 heteroatoms. The molecule has 3 rings (SSSR count). The summed E-state index contributed by atoms with van der Waals surface area (Å²) in [5.74, 6) is 0. The monoisotopic (exact) mass is 475 g/mol. The fraction of sp³-hybridized carbons (Fsp3) is 0.250. The number of hydrogen-bond acceptors (Lipinski definition) is 0. The van der Waals surface area contributed by atoms with Crippen molar-refractivity contribution in [2.24, 2.45) is 0 Å². The highest BCUT2D eigenvalue weighted by Gasteiger charge is 2.10. The fourth-order valence-electron chi connectivity index (χ4n) is 2.60. The molecule has 0 aliphatic carbocycles. The molecule has 98 valence electrons. The zero-order chi connectivity index (χ0) is 13.4. The van der Waals surface area contributed by atoms with E-state index in [2.05, 4.69) is 93.1 Å². The molecule has 0 bridgehead atoms. The first-order valence-corrected chi connectivity index (χ1v) is 8.73. The summed E-state index contributed by atoms with van der Waals surface area (Å²) >= 11 is 4.80. The number of unbranched alkanes of at least 4 members (excludes halogenated alkanes) is 1.